The second kappa shape index (κ2) is 3.76. The van der Waals surface area contributed by atoms with Gasteiger partial charge in [0.25, 0.3) is 0 Å². The lowest BCUT2D eigenvalue weighted by molar-refractivity contribution is -0.139. The number of rotatable bonds is 2. The normalized spacial score (nSPS) is 18.9. The van der Waals surface area contributed by atoms with E-state index in [1.165, 1.54) is 0 Å². The Bertz CT molecular complexity index is 542. The van der Waals surface area contributed by atoms with E-state index in [4.69, 9.17) is 9.52 Å². The number of fused-ring (bicyclic) bond motifs is 1. The van der Waals surface area contributed by atoms with Crippen LogP contribution in [0.15, 0.2) is 29.0 Å². The van der Waals surface area contributed by atoms with Gasteiger partial charge in [-0.15, -0.1) is 0 Å². The Kier molecular flexibility index (Phi) is 2.24. The van der Waals surface area contributed by atoms with Gasteiger partial charge in [0.05, 0.1) is 6.26 Å². The molecule has 2 aromatic heterocycles. The van der Waals surface area contributed by atoms with Gasteiger partial charge in [-0.2, -0.15) is 0 Å². The third-order valence-electron chi connectivity index (χ3n) is 3.08. The molecule has 0 amide bonds. The summed E-state index contributed by atoms with van der Waals surface area (Å²) in [6.07, 6.45) is 4.98. The Hall–Kier alpha value is -2.04. The number of carboxylic acids is 1. The number of nitrogens with zero attached hydrogens (tertiary/aromatic N) is 2. The van der Waals surface area contributed by atoms with Crippen LogP contribution in [0.4, 0.5) is 0 Å². The van der Waals surface area contributed by atoms with Crippen LogP contribution in [0.1, 0.15) is 24.6 Å². The van der Waals surface area contributed by atoms with Crippen molar-refractivity contribution in [3.63, 3.8) is 0 Å². The van der Waals surface area contributed by atoms with E-state index in [0.717, 1.165) is 13.0 Å². The summed E-state index contributed by atoms with van der Waals surface area (Å²) in [6.45, 7) is 0.826. The number of carboxylic acid groups (broad SMARTS) is 1. The van der Waals surface area contributed by atoms with E-state index in [1.807, 2.05) is 16.8 Å². The van der Waals surface area contributed by atoms with Crippen molar-refractivity contribution in [1.82, 2.24) is 9.55 Å². The van der Waals surface area contributed by atoms with Crippen molar-refractivity contribution in [2.75, 3.05) is 0 Å². The minimum atomic E-state index is -0.803. The summed E-state index contributed by atoms with van der Waals surface area (Å²) in [4.78, 5) is 15.5. The van der Waals surface area contributed by atoms with Crippen LogP contribution in [0.2, 0.25) is 0 Å². The molecule has 88 valence electrons. The molecule has 0 aliphatic carbocycles. The first-order valence-electron chi connectivity index (χ1n) is 5.59. The lowest BCUT2D eigenvalue weighted by Gasteiger charge is -2.19. The largest absolute Gasteiger partial charge is 0.481 e. The SMILES string of the molecule is O=C(O)C1CCCn2cc(-c3ccco3)nc21. The number of aliphatic carboxylic acids is 1. The van der Waals surface area contributed by atoms with Crippen molar-refractivity contribution in [3.8, 4) is 11.5 Å². The number of hydrogen-bond donors (Lipinski definition) is 1. The number of aromatic nitrogens is 2. The third-order valence-corrected chi connectivity index (χ3v) is 3.08. The molecule has 0 radical (unpaired) electrons. The summed E-state index contributed by atoms with van der Waals surface area (Å²) in [5.41, 5.74) is 0.707. The van der Waals surface area contributed by atoms with E-state index in [1.54, 1.807) is 12.3 Å². The average molecular weight is 232 g/mol. The molecule has 17 heavy (non-hydrogen) atoms. The molecule has 1 aliphatic rings. The highest BCUT2D eigenvalue weighted by atomic mass is 16.4. The van der Waals surface area contributed by atoms with Gasteiger partial charge in [-0.1, -0.05) is 0 Å². The molecule has 2 aromatic rings. The second-order valence-electron chi connectivity index (χ2n) is 4.19. The fraction of sp³-hybridized carbons (Fsp3) is 0.333. The van der Waals surface area contributed by atoms with Gasteiger partial charge in [-0.3, -0.25) is 4.79 Å². The van der Waals surface area contributed by atoms with Crippen LogP contribution in [0.3, 0.4) is 0 Å². The van der Waals surface area contributed by atoms with Gasteiger partial charge in [-0.25, -0.2) is 4.98 Å². The monoisotopic (exact) mass is 232 g/mol. The van der Waals surface area contributed by atoms with Gasteiger partial charge in [0, 0.05) is 12.7 Å². The Morgan fingerprint density at radius 3 is 3.18 bits per heavy atom. The zero-order valence-corrected chi connectivity index (χ0v) is 9.17. The van der Waals surface area contributed by atoms with Crippen molar-refractivity contribution >= 4 is 5.97 Å². The smallest absolute Gasteiger partial charge is 0.314 e. The molecular weight excluding hydrogens is 220 g/mol. The molecule has 5 heteroatoms. The highest BCUT2D eigenvalue weighted by Crippen LogP contribution is 2.30. The standard InChI is InChI=1S/C12H12N2O3/c15-12(16)8-3-1-5-14-7-9(13-11(8)14)10-4-2-6-17-10/h2,4,6-8H,1,3,5H2,(H,15,16). The summed E-state index contributed by atoms with van der Waals surface area (Å²) in [5.74, 6) is 0.0150. The molecule has 1 atom stereocenters. The summed E-state index contributed by atoms with van der Waals surface area (Å²) in [6, 6.07) is 3.62. The van der Waals surface area contributed by atoms with Crippen LogP contribution in [0.25, 0.3) is 11.5 Å². The van der Waals surface area contributed by atoms with E-state index in [9.17, 15) is 4.79 Å². The number of aryl methyl sites for hydroxylation is 1. The van der Waals surface area contributed by atoms with Crippen LogP contribution in [-0.2, 0) is 11.3 Å². The Morgan fingerprint density at radius 2 is 2.47 bits per heavy atom. The molecule has 0 fully saturated rings. The van der Waals surface area contributed by atoms with Gasteiger partial charge in [-0.05, 0) is 25.0 Å². The number of imidazole rings is 1. The molecule has 0 saturated heterocycles. The molecule has 0 bridgehead atoms. The van der Waals surface area contributed by atoms with Gasteiger partial charge >= 0.3 is 5.97 Å². The van der Waals surface area contributed by atoms with Crippen molar-refractivity contribution in [2.24, 2.45) is 0 Å². The predicted octanol–water partition coefficient (Wildman–Crippen LogP) is 2.11. The Labute approximate surface area is 97.7 Å². The van der Waals surface area contributed by atoms with Crippen LogP contribution in [0, 0.1) is 0 Å². The topological polar surface area (TPSA) is 68.3 Å². The van der Waals surface area contributed by atoms with Crippen molar-refractivity contribution in [1.29, 1.82) is 0 Å². The molecule has 3 rings (SSSR count). The zero-order chi connectivity index (χ0) is 11.8. The molecule has 0 saturated carbocycles. The molecule has 1 N–H and O–H groups in total. The Balaban J connectivity index is 2.04. The number of hydrogen-bond acceptors (Lipinski definition) is 3. The van der Waals surface area contributed by atoms with Crippen LogP contribution >= 0.6 is 0 Å². The quantitative estimate of drug-likeness (QED) is 0.860. The van der Waals surface area contributed by atoms with Gasteiger partial charge in [0.1, 0.15) is 17.4 Å². The van der Waals surface area contributed by atoms with Crippen LogP contribution < -0.4 is 0 Å². The van der Waals surface area contributed by atoms with E-state index in [2.05, 4.69) is 4.98 Å². The fourth-order valence-corrected chi connectivity index (χ4v) is 2.26. The van der Waals surface area contributed by atoms with E-state index in [-0.39, 0.29) is 0 Å². The minimum absolute atomic E-state index is 0.493. The summed E-state index contributed by atoms with van der Waals surface area (Å²) in [5, 5.41) is 9.15. The van der Waals surface area contributed by atoms with Gasteiger partial charge in [0.2, 0.25) is 0 Å². The molecule has 1 aliphatic heterocycles. The molecule has 3 heterocycles. The molecule has 5 nitrogen and oxygen atoms in total. The van der Waals surface area contributed by atoms with Crippen molar-refractivity contribution in [3.05, 3.63) is 30.4 Å². The first-order valence-corrected chi connectivity index (χ1v) is 5.59. The van der Waals surface area contributed by atoms with Gasteiger partial charge in [0.15, 0.2) is 5.76 Å². The summed E-state index contributed by atoms with van der Waals surface area (Å²) in [7, 11) is 0. The maximum absolute atomic E-state index is 11.1. The van der Waals surface area contributed by atoms with Crippen LogP contribution in [0.5, 0.6) is 0 Å². The summed E-state index contributed by atoms with van der Waals surface area (Å²) < 4.78 is 7.19. The maximum Gasteiger partial charge on any atom is 0.314 e. The van der Waals surface area contributed by atoms with E-state index in [0.29, 0.717) is 23.7 Å². The first kappa shape index (κ1) is 10.1. The number of furan rings is 1. The average Bonchev–Trinajstić information content (AvgIpc) is 2.96. The molecule has 0 aromatic carbocycles. The first-order chi connectivity index (χ1) is 8.25. The lowest BCUT2D eigenvalue weighted by Crippen LogP contribution is -2.21. The predicted molar refractivity (Wildman–Crippen MR) is 59.5 cm³/mol. The zero-order valence-electron chi connectivity index (χ0n) is 9.17. The molecule has 1 unspecified atom stereocenters. The lowest BCUT2D eigenvalue weighted by atomic mass is 9.99. The number of carbonyl (C=O) groups is 1. The van der Waals surface area contributed by atoms with E-state index >= 15 is 0 Å². The minimum Gasteiger partial charge on any atom is -0.481 e. The fourth-order valence-electron chi connectivity index (χ4n) is 2.26. The second-order valence-corrected chi connectivity index (χ2v) is 4.19. The maximum atomic E-state index is 11.1. The summed E-state index contributed by atoms with van der Waals surface area (Å²) >= 11 is 0. The van der Waals surface area contributed by atoms with Crippen molar-refractivity contribution < 1.29 is 14.3 Å². The van der Waals surface area contributed by atoms with Gasteiger partial charge < -0.3 is 14.1 Å². The molecule has 0 spiro atoms. The van der Waals surface area contributed by atoms with E-state index < -0.39 is 11.9 Å². The van der Waals surface area contributed by atoms with Crippen molar-refractivity contribution in [2.45, 2.75) is 25.3 Å². The highest BCUT2D eigenvalue weighted by molar-refractivity contribution is 5.75. The molecular formula is C12H12N2O3. The van der Waals surface area contributed by atoms with Crippen LogP contribution in [-0.4, -0.2) is 20.6 Å². The highest BCUT2D eigenvalue weighted by Gasteiger charge is 2.29. The Morgan fingerprint density at radius 1 is 1.59 bits per heavy atom. The third kappa shape index (κ3) is 1.63.